The highest BCUT2D eigenvalue weighted by atomic mass is 32.2. The topological polar surface area (TPSA) is 87.0 Å². The summed E-state index contributed by atoms with van der Waals surface area (Å²) in [6.45, 7) is 4.14. The molecule has 6 nitrogen and oxygen atoms in total. The highest BCUT2D eigenvalue weighted by molar-refractivity contribution is 8.01. The first kappa shape index (κ1) is 15.1. The van der Waals surface area contributed by atoms with Crippen LogP contribution in [0.4, 0.5) is 5.82 Å². The average molecular weight is 312 g/mol. The fourth-order valence-corrected chi connectivity index (χ4v) is 4.93. The zero-order chi connectivity index (χ0) is 14.9. The molecule has 0 aliphatic carbocycles. The second-order valence-electron chi connectivity index (χ2n) is 4.77. The van der Waals surface area contributed by atoms with Gasteiger partial charge in [-0.15, -0.1) is 5.10 Å². The van der Waals surface area contributed by atoms with E-state index in [1.807, 2.05) is 0 Å². The Labute approximate surface area is 123 Å². The Balaban J connectivity index is 2.55. The van der Waals surface area contributed by atoms with E-state index in [0.717, 1.165) is 11.3 Å². The monoisotopic (exact) mass is 312 g/mol. The summed E-state index contributed by atoms with van der Waals surface area (Å²) in [7, 11) is -3.24. The van der Waals surface area contributed by atoms with Gasteiger partial charge in [-0.3, -0.25) is 0 Å². The van der Waals surface area contributed by atoms with Gasteiger partial charge in [-0.25, -0.2) is 8.42 Å². The first-order valence-electron chi connectivity index (χ1n) is 6.13. The fraction of sp³-hybridized carbons (Fsp3) is 0.583. The summed E-state index contributed by atoms with van der Waals surface area (Å²) in [5.74, 6) is 1.68. The Morgan fingerprint density at radius 1 is 1.40 bits per heavy atom. The van der Waals surface area contributed by atoms with E-state index >= 15 is 0 Å². The van der Waals surface area contributed by atoms with Gasteiger partial charge in [0.1, 0.15) is 17.0 Å². The van der Waals surface area contributed by atoms with Gasteiger partial charge in [0.05, 0.1) is 5.69 Å². The molecule has 0 radical (unpaired) electrons. The van der Waals surface area contributed by atoms with Crippen molar-refractivity contribution in [2.24, 2.45) is 0 Å². The summed E-state index contributed by atoms with van der Waals surface area (Å²) >= 11 is 1.60. The summed E-state index contributed by atoms with van der Waals surface area (Å²) < 4.78 is 23.9. The van der Waals surface area contributed by atoms with Crippen molar-refractivity contribution in [2.45, 2.75) is 19.2 Å². The summed E-state index contributed by atoms with van der Waals surface area (Å²) in [4.78, 5) is 1.70. The molecule has 2 heterocycles. The molecule has 1 aromatic rings. The molecule has 1 aliphatic heterocycles. The van der Waals surface area contributed by atoms with Crippen LogP contribution in [-0.4, -0.2) is 48.3 Å². The zero-order valence-electron chi connectivity index (χ0n) is 11.6. The third kappa shape index (κ3) is 2.74. The number of nitrogens with zero attached hydrogens (tertiary/aromatic N) is 4. The number of nitriles is 1. The molecule has 2 rings (SSSR count). The first-order valence-corrected chi connectivity index (χ1v) is 9.24. The molecular weight excluding hydrogens is 296 g/mol. The van der Waals surface area contributed by atoms with Gasteiger partial charge in [0.25, 0.3) is 0 Å². The fourth-order valence-electron chi connectivity index (χ4n) is 2.11. The van der Waals surface area contributed by atoms with Crippen molar-refractivity contribution in [3.05, 3.63) is 16.8 Å². The second kappa shape index (κ2) is 5.58. The molecule has 0 aromatic carbocycles. The second-order valence-corrected chi connectivity index (χ2v) is 8.13. The summed E-state index contributed by atoms with van der Waals surface area (Å²) in [6.07, 6.45) is 1.22. The molecule has 1 fully saturated rings. The van der Waals surface area contributed by atoms with Crippen LogP contribution in [0.15, 0.2) is 0 Å². The maximum atomic E-state index is 11.9. The lowest BCUT2D eigenvalue weighted by atomic mass is 10.1. The van der Waals surface area contributed by atoms with Crippen molar-refractivity contribution >= 4 is 27.4 Å². The number of rotatable bonds is 2. The van der Waals surface area contributed by atoms with E-state index in [1.54, 1.807) is 30.5 Å². The number of sulfone groups is 1. The molecule has 1 unspecified atom stereocenters. The molecule has 1 aliphatic rings. The summed E-state index contributed by atoms with van der Waals surface area (Å²) in [5, 5.41) is 16.8. The van der Waals surface area contributed by atoms with Crippen LogP contribution < -0.4 is 4.90 Å². The van der Waals surface area contributed by atoms with Crippen molar-refractivity contribution in [1.29, 1.82) is 5.26 Å². The van der Waals surface area contributed by atoms with Crippen LogP contribution in [0.5, 0.6) is 0 Å². The normalized spacial score (nSPS) is 19.7. The first-order chi connectivity index (χ1) is 9.36. The van der Waals surface area contributed by atoms with E-state index in [9.17, 15) is 13.7 Å². The molecular formula is C12H16N4O2S2. The van der Waals surface area contributed by atoms with Crippen LogP contribution in [0.3, 0.4) is 0 Å². The minimum atomic E-state index is -3.24. The molecule has 0 spiro atoms. The van der Waals surface area contributed by atoms with Crippen molar-refractivity contribution in [3.8, 4) is 6.07 Å². The molecule has 0 N–H and O–H groups in total. The molecule has 1 saturated heterocycles. The number of hydrogen-bond donors (Lipinski definition) is 0. The summed E-state index contributed by atoms with van der Waals surface area (Å²) in [5.41, 5.74) is 1.86. The highest BCUT2D eigenvalue weighted by Crippen LogP contribution is 2.29. The van der Waals surface area contributed by atoms with Crippen LogP contribution >= 0.6 is 11.8 Å². The van der Waals surface area contributed by atoms with Crippen LogP contribution in [0.2, 0.25) is 0 Å². The standard InChI is InChI=1S/C12H16N4O2S2/c1-8-9(2)14-15-12(10(8)6-13)16-4-5-19-7-11(16)20(3,17)18/h11H,4-5,7H2,1-3H3. The Hall–Kier alpha value is -1.33. The smallest absolute Gasteiger partial charge is 0.170 e. The van der Waals surface area contributed by atoms with Crippen LogP contribution in [0.25, 0.3) is 0 Å². The van der Waals surface area contributed by atoms with Crippen LogP contribution in [0, 0.1) is 25.2 Å². The lowest BCUT2D eigenvalue weighted by Crippen LogP contribution is -2.48. The Morgan fingerprint density at radius 2 is 2.10 bits per heavy atom. The predicted octanol–water partition coefficient (Wildman–Crippen LogP) is 0.889. The largest absolute Gasteiger partial charge is 0.336 e. The van der Waals surface area contributed by atoms with Crippen molar-refractivity contribution in [1.82, 2.24) is 10.2 Å². The predicted molar refractivity (Wildman–Crippen MR) is 79.5 cm³/mol. The van der Waals surface area contributed by atoms with E-state index in [2.05, 4.69) is 16.3 Å². The van der Waals surface area contributed by atoms with E-state index in [0.29, 0.717) is 29.4 Å². The minimum Gasteiger partial charge on any atom is -0.336 e. The van der Waals surface area contributed by atoms with E-state index in [1.165, 1.54) is 6.26 Å². The maximum absolute atomic E-state index is 11.9. The zero-order valence-corrected chi connectivity index (χ0v) is 13.3. The molecule has 1 atom stereocenters. The Kier molecular flexibility index (Phi) is 4.20. The molecule has 8 heteroatoms. The quantitative estimate of drug-likeness (QED) is 0.801. The highest BCUT2D eigenvalue weighted by Gasteiger charge is 2.33. The number of anilines is 1. The Bertz CT molecular complexity index is 667. The number of aryl methyl sites for hydroxylation is 1. The van der Waals surface area contributed by atoms with E-state index < -0.39 is 15.2 Å². The van der Waals surface area contributed by atoms with Crippen molar-refractivity contribution < 1.29 is 8.42 Å². The molecule has 108 valence electrons. The molecule has 0 bridgehead atoms. The number of aromatic nitrogens is 2. The van der Waals surface area contributed by atoms with Gasteiger partial charge in [-0.05, 0) is 19.4 Å². The van der Waals surface area contributed by atoms with Gasteiger partial charge < -0.3 is 4.90 Å². The Morgan fingerprint density at radius 3 is 2.70 bits per heavy atom. The van der Waals surface area contributed by atoms with Gasteiger partial charge in [0, 0.05) is 24.3 Å². The van der Waals surface area contributed by atoms with Gasteiger partial charge >= 0.3 is 0 Å². The SMILES string of the molecule is Cc1nnc(N2CCSCC2S(C)(=O)=O)c(C#N)c1C. The van der Waals surface area contributed by atoms with Gasteiger partial charge in [-0.1, -0.05) is 0 Å². The lowest BCUT2D eigenvalue weighted by Gasteiger charge is -2.35. The van der Waals surface area contributed by atoms with Crippen molar-refractivity contribution in [2.75, 3.05) is 29.2 Å². The molecule has 20 heavy (non-hydrogen) atoms. The van der Waals surface area contributed by atoms with Crippen molar-refractivity contribution in [3.63, 3.8) is 0 Å². The molecule has 0 saturated carbocycles. The van der Waals surface area contributed by atoms with E-state index in [4.69, 9.17) is 0 Å². The average Bonchev–Trinajstić information content (AvgIpc) is 2.40. The summed E-state index contributed by atoms with van der Waals surface area (Å²) in [6, 6.07) is 2.13. The number of thioether (sulfide) groups is 1. The van der Waals surface area contributed by atoms with Gasteiger partial charge in [0.2, 0.25) is 0 Å². The maximum Gasteiger partial charge on any atom is 0.170 e. The minimum absolute atomic E-state index is 0.381. The number of hydrogen-bond acceptors (Lipinski definition) is 7. The lowest BCUT2D eigenvalue weighted by molar-refractivity contribution is 0.583. The van der Waals surface area contributed by atoms with Crippen LogP contribution in [0.1, 0.15) is 16.8 Å². The van der Waals surface area contributed by atoms with E-state index in [-0.39, 0.29) is 0 Å². The third-order valence-electron chi connectivity index (χ3n) is 3.40. The molecule has 1 aromatic heterocycles. The third-order valence-corrected chi connectivity index (χ3v) is 6.04. The molecule has 0 amide bonds. The van der Waals surface area contributed by atoms with Gasteiger partial charge in [-0.2, -0.15) is 22.1 Å². The van der Waals surface area contributed by atoms with Gasteiger partial charge in [0.15, 0.2) is 15.7 Å². The van der Waals surface area contributed by atoms with Crippen LogP contribution in [-0.2, 0) is 9.84 Å².